The number of carbonyl (C=O) groups excluding carboxylic acids is 1. The van der Waals surface area contributed by atoms with E-state index in [1.54, 1.807) is 0 Å². The highest BCUT2D eigenvalue weighted by Crippen LogP contribution is 2.33. The van der Waals surface area contributed by atoms with Gasteiger partial charge in [0.25, 0.3) is 0 Å². The van der Waals surface area contributed by atoms with E-state index in [9.17, 15) is 9.90 Å². The summed E-state index contributed by atoms with van der Waals surface area (Å²) in [6.07, 6.45) is 5.41. The van der Waals surface area contributed by atoms with Crippen LogP contribution in [0.1, 0.15) is 38.5 Å². The number of hydrogen-bond acceptors (Lipinski definition) is 3. The van der Waals surface area contributed by atoms with Gasteiger partial charge in [-0.1, -0.05) is 0 Å². The van der Waals surface area contributed by atoms with E-state index in [2.05, 4.69) is 5.32 Å². The van der Waals surface area contributed by atoms with E-state index >= 15 is 0 Å². The summed E-state index contributed by atoms with van der Waals surface area (Å²) in [6, 6.07) is 0.0148. The summed E-state index contributed by atoms with van der Waals surface area (Å²) in [4.78, 5) is 11.5. The molecular weight excluding hydrogens is 192 g/mol. The molecule has 4 heteroatoms. The molecule has 15 heavy (non-hydrogen) atoms. The second-order valence-corrected chi connectivity index (χ2v) is 5.06. The van der Waals surface area contributed by atoms with Crippen molar-refractivity contribution in [2.24, 2.45) is 11.7 Å². The Balaban J connectivity index is 1.63. The molecule has 0 aliphatic heterocycles. The van der Waals surface area contributed by atoms with E-state index < -0.39 is 5.60 Å². The largest absolute Gasteiger partial charge is 0.388 e. The maximum Gasteiger partial charge on any atom is 0.221 e. The predicted octanol–water partition coefficient (Wildman–Crippen LogP) is 0.145. The summed E-state index contributed by atoms with van der Waals surface area (Å²) in [5, 5.41) is 12.5. The number of amides is 1. The molecule has 2 rings (SSSR count). The molecule has 0 spiro atoms. The van der Waals surface area contributed by atoms with Crippen LogP contribution in [0.5, 0.6) is 0 Å². The second-order valence-electron chi connectivity index (χ2n) is 5.06. The summed E-state index contributed by atoms with van der Waals surface area (Å²) in [6.45, 7) is 0.392. The van der Waals surface area contributed by atoms with E-state index in [-0.39, 0.29) is 11.9 Å². The minimum absolute atomic E-state index is 0.0148. The highest BCUT2D eigenvalue weighted by Gasteiger charge is 2.35. The third-order valence-corrected chi connectivity index (χ3v) is 3.55. The first-order chi connectivity index (χ1) is 7.09. The van der Waals surface area contributed by atoms with Crippen molar-refractivity contribution in [3.05, 3.63) is 0 Å². The van der Waals surface area contributed by atoms with E-state index in [1.807, 2.05) is 0 Å². The topological polar surface area (TPSA) is 75.4 Å². The normalized spacial score (nSPS) is 25.5. The molecule has 4 nitrogen and oxygen atoms in total. The monoisotopic (exact) mass is 212 g/mol. The number of carbonyl (C=O) groups is 1. The molecule has 0 heterocycles. The Morgan fingerprint density at radius 2 is 2.20 bits per heavy atom. The zero-order chi connectivity index (χ0) is 10.9. The third kappa shape index (κ3) is 2.92. The lowest BCUT2D eigenvalue weighted by atomic mass is 9.80. The van der Waals surface area contributed by atoms with Crippen molar-refractivity contribution < 1.29 is 9.90 Å². The number of rotatable bonds is 5. The van der Waals surface area contributed by atoms with Crippen molar-refractivity contribution in [1.29, 1.82) is 0 Å². The van der Waals surface area contributed by atoms with Crippen LogP contribution >= 0.6 is 0 Å². The van der Waals surface area contributed by atoms with Gasteiger partial charge in [-0.3, -0.25) is 4.79 Å². The molecule has 1 atom stereocenters. The molecule has 0 aromatic rings. The smallest absolute Gasteiger partial charge is 0.221 e. The van der Waals surface area contributed by atoms with Crippen LogP contribution in [0.3, 0.4) is 0 Å². The van der Waals surface area contributed by atoms with Gasteiger partial charge >= 0.3 is 0 Å². The molecule has 2 saturated carbocycles. The van der Waals surface area contributed by atoms with Gasteiger partial charge in [-0.05, 0) is 38.0 Å². The maximum atomic E-state index is 11.5. The van der Waals surface area contributed by atoms with Crippen LogP contribution in [0.15, 0.2) is 0 Å². The molecule has 0 aromatic carbocycles. The lowest BCUT2D eigenvalue weighted by molar-refractivity contribution is -0.124. The van der Waals surface area contributed by atoms with Gasteiger partial charge in [0, 0.05) is 19.0 Å². The van der Waals surface area contributed by atoms with Crippen molar-refractivity contribution >= 4 is 5.91 Å². The molecule has 0 aromatic heterocycles. The maximum absolute atomic E-state index is 11.5. The van der Waals surface area contributed by atoms with Gasteiger partial charge in [0.05, 0.1) is 5.60 Å². The van der Waals surface area contributed by atoms with Gasteiger partial charge in [0.15, 0.2) is 0 Å². The van der Waals surface area contributed by atoms with Crippen LogP contribution in [-0.4, -0.2) is 29.2 Å². The Kier molecular flexibility index (Phi) is 2.98. The zero-order valence-corrected chi connectivity index (χ0v) is 9.04. The Hall–Kier alpha value is -0.610. The molecule has 2 aliphatic carbocycles. The third-order valence-electron chi connectivity index (χ3n) is 3.55. The molecule has 1 amide bonds. The molecule has 2 fully saturated rings. The van der Waals surface area contributed by atoms with E-state index in [1.165, 1.54) is 12.8 Å². The summed E-state index contributed by atoms with van der Waals surface area (Å²) >= 11 is 0. The highest BCUT2D eigenvalue weighted by atomic mass is 16.3. The standard InChI is InChI=1S/C11H20N2O2/c12-9(8-2-3-8)6-10(14)13-7-11(15)4-1-5-11/h8-9,15H,1-7,12H2,(H,13,14). The lowest BCUT2D eigenvalue weighted by Crippen LogP contribution is -2.48. The molecule has 1 unspecified atom stereocenters. The summed E-state index contributed by atoms with van der Waals surface area (Å²) in [7, 11) is 0. The fraction of sp³-hybridized carbons (Fsp3) is 0.909. The van der Waals surface area contributed by atoms with Gasteiger partial charge < -0.3 is 16.2 Å². The van der Waals surface area contributed by atoms with Crippen LogP contribution in [-0.2, 0) is 4.79 Å². The quantitative estimate of drug-likeness (QED) is 0.607. The average molecular weight is 212 g/mol. The number of nitrogens with two attached hydrogens (primary N) is 1. The highest BCUT2D eigenvalue weighted by molar-refractivity contribution is 5.76. The molecule has 2 aliphatic rings. The molecule has 0 saturated heterocycles. The van der Waals surface area contributed by atoms with Crippen molar-refractivity contribution in [2.45, 2.75) is 50.2 Å². The van der Waals surface area contributed by atoms with Gasteiger partial charge in [0.2, 0.25) is 5.91 Å². The summed E-state index contributed by atoms with van der Waals surface area (Å²) in [5.74, 6) is 0.539. The predicted molar refractivity (Wildman–Crippen MR) is 57.1 cm³/mol. The Morgan fingerprint density at radius 1 is 1.53 bits per heavy atom. The van der Waals surface area contributed by atoms with Gasteiger partial charge in [-0.15, -0.1) is 0 Å². The first-order valence-electron chi connectivity index (χ1n) is 5.84. The molecule has 0 bridgehead atoms. The summed E-state index contributed by atoms with van der Waals surface area (Å²) in [5.41, 5.74) is 5.22. The first kappa shape index (κ1) is 10.9. The molecule has 4 N–H and O–H groups in total. The number of hydrogen-bond donors (Lipinski definition) is 3. The molecule has 86 valence electrons. The second kappa shape index (κ2) is 4.10. The Labute approximate surface area is 90.2 Å². The van der Waals surface area contributed by atoms with Crippen LogP contribution in [0.4, 0.5) is 0 Å². The van der Waals surface area contributed by atoms with E-state index in [4.69, 9.17) is 5.73 Å². The first-order valence-corrected chi connectivity index (χ1v) is 5.84. The molecule has 0 radical (unpaired) electrons. The number of aliphatic hydroxyl groups is 1. The zero-order valence-electron chi connectivity index (χ0n) is 9.04. The van der Waals surface area contributed by atoms with Crippen LogP contribution < -0.4 is 11.1 Å². The van der Waals surface area contributed by atoms with Gasteiger partial charge in [-0.2, -0.15) is 0 Å². The average Bonchev–Trinajstić information content (AvgIpc) is 2.94. The van der Waals surface area contributed by atoms with E-state index in [0.29, 0.717) is 18.9 Å². The van der Waals surface area contributed by atoms with Gasteiger partial charge in [0.1, 0.15) is 0 Å². The molecular formula is C11H20N2O2. The Morgan fingerprint density at radius 3 is 2.67 bits per heavy atom. The van der Waals surface area contributed by atoms with Crippen molar-refractivity contribution in [3.63, 3.8) is 0 Å². The minimum atomic E-state index is -0.626. The lowest BCUT2D eigenvalue weighted by Gasteiger charge is -2.36. The van der Waals surface area contributed by atoms with Crippen LogP contribution in [0, 0.1) is 5.92 Å². The van der Waals surface area contributed by atoms with Crippen molar-refractivity contribution in [2.75, 3.05) is 6.54 Å². The fourth-order valence-electron chi connectivity index (χ4n) is 2.00. The Bertz CT molecular complexity index is 247. The van der Waals surface area contributed by atoms with Crippen molar-refractivity contribution in [1.82, 2.24) is 5.32 Å². The fourth-order valence-corrected chi connectivity index (χ4v) is 2.00. The SMILES string of the molecule is NC(CC(=O)NCC1(O)CCC1)C1CC1. The van der Waals surface area contributed by atoms with Crippen LogP contribution in [0.25, 0.3) is 0 Å². The number of nitrogens with one attached hydrogen (secondary N) is 1. The van der Waals surface area contributed by atoms with Gasteiger partial charge in [-0.25, -0.2) is 0 Å². The van der Waals surface area contributed by atoms with E-state index in [0.717, 1.165) is 19.3 Å². The van der Waals surface area contributed by atoms with Crippen molar-refractivity contribution in [3.8, 4) is 0 Å². The minimum Gasteiger partial charge on any atom is -0.388 e. The summed E-state index contributed by atoms with van der Waals surface area (Å²) < 4.78 is 0. The van der Waals surface area contributed by atoms with Crippen LogP contribution in [0.2, 0.25) is 0 Å².